The van der Waals surface area contributed by atoms with Gasteiger partial charge < -0.3 is 9.47 Å². The van der Waals surface area contributed by atoms with Crippen LogP contribution in [0.2, 0.25) is 0 Å². The highest BCUT2D eigenvalue weighted by Gasteiger charge is 2.08. The number of benzene rings is 2. The third-order valence-electron chi connectivity index (χ3n) is 3.40. The van der Waals surface area contributed by atoms with Crippen molar-refractivity contribution in [3.05, 3.63) is 59.7 Å². The quantitative estimate of drug-likeness (QED) is 0.594. The largest absolute Gasteiger partial charge is 0.493 e. The normalized spacial score (nSPS) is 11.5. The first-order valence-electron chi connectivity index (χ1n) is 7.09. The Kier molecular flexibility index (Phi) is 5.41. The highest BCUT2D eigenvalue weighted by molar-refractivity contribution is 7.90. The molecule has 0 fully saturated rings. The summed E-state index contributed by atoms with van der Waals surface area (Å²) in [6.45, 7) is 0. The number of sulfone groups is 1. The van der Waals surface area contributed by atoms with Crippen LogP contribution in [0.1, 0.15) is 15.9 Å². The highest BCUT2D eigenvalue weighted by Crippen LogP contribution is 2.28. The average Bonchev–Trinajstić information content (AvgIpc) is 2.58. The van der Waals surface area contributed by atoms with E-state index in [1.807, 2.05) is 0 Å². The molecule has 6 heteroatoms. The second kappa shape index (κ2) is 7.31. The molecule has 0 saturated heterocycles. The lowest BCUT2D eigenvalue weighted by Gasteiger charge is -2.07. The van der Waals surface area contributed by atoms with E-state index in [-0.39, 0.29) is 10.7 Å². The molecule has 2 aromatic carbocycles. The monoisotopic (exact) mass is 346 g/mol. The zero-order valence-electron chi connectivity index (χ0n) is 13.6. The molecule has 2 rings (SSSR count). The van der Waals surface area contributed by atoms with Crippen molar-refractivity contribution in [2.24, 2.45) is 0 Å². The number of hydrogen-bond donors (Lipinski definition) is 0. The summed E-state index contributed by atoms with van der Waals surface area (Å²) >= 11 is 0. The molecule has 0 aromatic heterocycles. The van der Waals surface area contributed by atoms with Crippen molar-refractivity contribution in [1.29, 1.82) is 0 Å². The molecule has 0 saturated carbocycles. The van der Waals surface area contributed by atoms with E-state index in [4.69, 9.17) is 9.47 Å². The fourth-order valence-corrected chi connectivity index (χ4v) is 2.72. The lowest BCUT2D eigenvalue weighted by Crippen LogP contribution is -1.99. The Labute approximate surface area is 141 Å². The molecule has 0 N–H and O–H groups in total. The minimum Gasteiger partial charge on any atom is -0.493 e. The SMILES string of the molecule is COc1ccc(C=CC(=O)c2ccc(S(C)(=O)=O)cc2)cc1OC. The van der Waals surface area contributed by atoms with E-state index in [0.717, 1.165) is 11.8 Å². The Morgan fingerprint density at radius 2 is 1.58 bits per heavy atom. The van der Waals surface area contributed by atoms with Crippen LogP contribution in [0, 0.1) is 0 Å². The summed E-state index contributed by atoms with van der Waals surface area (Å²) in [6, 6.07) is 11.2. The van der Waals surface area contributed by atoms with Gasteiger partial charge in [0, 0.05) is 11.8 Å². The van der Waals surface area contributed by atoms with Crippen molar-refractivity contribution in [1.82, 2.24) is 0 Å². The summed E-state index contributed by atoms with van der Waals surface area (Å²) in [6.07, 6.45) is 4.21. The molecule has 0 amide bonds. The summed E-state index contributed by atoms with van der Waals surface area (Å²) in [5.74, 6) is 0.965. The van der Waals surface area contributed by atoms with E-state index < -0.39 is 9.84 Å². The number of carbonyl (C=O) groups excluding carboxylic acids is 1. The Hall–Kier alpha value is -2.60. The maximum absolute atomic E-state index is 12.2. The summed E-state index contributed by atoms with van der Waals surface area (Å²) in [7, 11) is -0.176. The molecule has 0 heterocycles. The summed E-state index contributed by atoms with van der Waals surface area (Å²) in [5, 5.41) is 0. The van der Waals surface area contributed by atoms with Crippen LogP contribution in [0.15, 0.2) is 53.4 Å². The van der Waals surface area contributed by atoms with Gasteiger partial charge in [0.1, 0.15) is 0 Å². The number of hydrogen-bond acceptors (Lipinski definition) is 5. The van der Waals surface area contributed by atoms with Crippen molar-refractivity contribution in [2.45, 2.75) is 4.90 Å². The van der Waals surface area contributed by atoms with E-state index >= 15 is 0 Å². The predicted octanol–water partition coefficient (Wildman–Crippen LogP) is 3.00. The van der Waals surface area contributed by atoms with Gasteiger partial charge in [-0.25, -0.2) is 8.42 Å². The second-order valence-electron chi connectivity index (χ2n) is 5.11. The third kappa shape index (κ3) is 4.23. The standard InChI is InChI=1S/C18H18O5S/c1-22-17-11-5-13(12-18(17)23-2)4-10-16(19)14-6-8-15(9-7-14)24(3,20)21/h4-12H,1-3H3. The van der Waals surface area contributed by atoms with Gasteiger partial charge in [-0.2, -0.15) is 0 Å². The van der Waals surface area contributed by atoms with Crippen molar-refractivity contribution >= 4 is 21.7 Å². The molecule has 0 bridgehead atoms. The smallest absolute Gasteiger partial charge is 0.185 e. The van der Waals surface area contributed by atoms with Gasteiger partial charge in [0.2, 0.25) is 0 Å². The lowest BCUT2D eigenvalue weighted by molar-refractivity contribution is 0.104. The van der Waals surface area contributed by atoms with Gasteiger partial charge in [-0.05, 0) is 48.0 Å². The molecule has 5 nitrogen and oxygen atoms in total. The maximum atomic E-state index is 12.2. The van der Waals surface area contributed by atoms with E-state index in [1.54, 1.807) is 38.5 Å². The van der Waals surface area contributed by atoms with E-state index in [2.05, 4.69) is 0 Å². The maximum Gasteiger partial charge on any atom is 0.185 e. The van der Waals surface area contributed by atoms with E-state index in [9.17, 15) is 13.2 Å². The Morgan fingerprint density at radius 3 is 2.12 bits per heavy atom. The molecule has 0 atom stereocenters. The number of ether oxygens (including phenoxy) is 2. The van der Waals surface area contributed by atoms with Gasteiger partial charge in [0.05, 0.1) is 19.1 Å². The molecule has 0 aliphatic heterocycles. The minimum absolute atomic E-state index is 0.183. The molecule has 2 aromatic rings. The molecule has 0 radical (unpaired) electrons. The first-order chi connectivity index (χ1) is 11.3. The van der Waals surface area contributed by atoms with Gasteiger partial charge in [-0.1, -0.05) is 12.1 Å². The average molecular weight is 346 g/mol. The van der Waals surface area contributed by atoms with Gasteiger partial charge in [-0.3, -0.25) is 4.79 Å². The van der Waals surface area contributed by atoms with Crippen molar-refractivity contribution in [2.75, 3.05) is 20.5 Å². The topological polar surface area (TPSA) is 69.7 Å². The molecule has 0 spiro atoms. The zero-order valence-corrected chi connectivity index (χ0v) is 14.5. The molecule has 126 valence electrons. The van der Waals surface area contributed by atoms with Crippen LogP contribution >= 0.6 is 0 Å². The molecule has 24 heavy (non-hydrogen) atoms. The molecule has 0 unspecified atom stereocenters. The Balaban J connectivity index is 2.18. The Bertz CT molecular complexity index is 865. The summed E-state index contributed by atoms with van der Waals surface area (Å²) < 4.78 is 33.2. The minimum atomic E-state index is -3.27. The second-order valence-corrected chi connectivity index (χ2v) is 7.12. The third-order valence-corrected chi connectivity index (χ3v) is 4.53. The first-order valence-corrected chi connectivity index (χ1v) is 8.99. The van der Waals surface area contributed by atoms with Gasteiger partial charge >= 0.3 is 0 Å². The Morgan fingerprint density at radius 1 is 0.958 bits per heavy atom. The van der Waals surface area contributed by atoms with Crippen LogP contribution < -0.4 is 9.47 Å². The van der Waals surface area contributed by atoms with Gasteiger partial charge in [-0.15, -0.1) is 0 Å². The summed E-state index contributed by atoms with van der Waals surface area (Å²) in [4.78, 5) is 12.3. The fourth-order valence-electron chi connectivity index (χ4n) is 2.09. The van der Waals surface area contributed by atoms with E-state index in [0.29, 0.717) is 17.1 Å². The molecule has 0 aliphatic carbocycles. The van der Waals surface area contributed by atoms with E-state index in [1.165, 1.54) is 30.3 Å². The van der Waals surface area contributed by atoms with Gasteiger partial charge in [0.15, 0.2) is 27.1 Å². The number of methoxy groups -OCH3 is 2. The number of allylic oxidation sites excluding steroid dienone is 1. The summed E-state index contributed by atoms with van der Waals surface area (Å²) in [5.41, 5.74) is 1.20. The molecular formula is C18H18O5S. The predicted molar refractivity (Wildman–Crippen MR) is 92.5 cm³/mol. The van der Waals surface area contributed by atoms with Crippen molar-refractivity contribution < 1.29 is 22.7 Å². The van der Waals surface area contributed by atoms with Crippen LogP contribution in [-0.2, 0) is 9.84 Å². The zero-order chi connectivity index (χ0) is 17.7. The van der Waals surface area contributed by atoms with Crippen LogP contribution in [0.5, 0.6) is 11.5 Å². The van der Waals surface area contributed by atoms with Crippen LogP contribution in [0.3, 0.4) is 0 Å². The number of ketones is 1. The van der Waals surface area contributed by atoms with Crippen LogP contribution in [0.25, 0.3) is 6.08 Å². The fraction of sp³-hybridized carbons (Fsp3) is 0.167. The number of rotatable bonds is 6. The highest BCUT2D eigenvalue weighted by atomic mass is 32.2. The van der Waals surface area contributed by atoms with Crippen molar-refractivity contribution in [3.8, 4) is 11.5 Å². The lowest BCUT2D eigenvalue weighted by atomic mass is 10.1. The molecular weight excluding hydrogens is 328 g/mol. The van der Waals surface area contributed by atoms with Crippen molar-refractivity contribution in [3.63, 3.8) is 0 Å². The number of carbonyl (C=O) groups is 1. The first kappa shape index (κ1) is 17.7. The van der Waals surface area contributed by atoms with Gasteiger partial charge in [0.25, 0.3) is 0 Å². The molecule has 0 aliphatic rings. The van der Waals surface area contributed by atoms with Crippen LogP contribution in [0.4, 0.5) is 0 Å². The van der Waals surface area contributed by atoms with Crippen LogP contribution in [-0.4, -0.2) is 34.7 Å².